The van der Waals surface area contributed by atoms with E-state index in [1.54, 1.807) is 24.3 Å². The number of likely N-dealkylation sites (tertiary alicyclic amines) is 1. The van der Waals surface area contributed by atoms with Gasteiger partial charge in [0.15, 0.2) is 5.75 Å². The summed E-state index contributed by atoms with van der Waals surface area (Å²) in [6, 6.07) is 14.5. The molecule has 0 saturated carbocycles. The van der Waals surface area contributed by atoms with Gasteiger partial charge in [-0.05, 0) is 62.2 Å². The number of halogens is 4. The maximum Gasteiger partial charge on any atom is 0.416 e. The molecule has 0 aliphatic carbocycles. The zero-order valence-corrected chi connectivity index (χ0v) is 21.2. The molecule has 10 heteroatoms. The maximum atomic E-state index is 13.8. The quantitative estimate of drug-likeness (QED) is 0.304. The number of aromatic nitrogens is 2. The van der Waals surface area contributed by atoms with Crippen molar-refractivity contribution in [1.82, 2.24) is 19.5 Å². The van der Waals surface area contributed by atoms with Gasteiger partial charge in [0.05, 0.1) is 17.8 Å². The lowest BCUT2D eigenvalue weighted by Gasteiger charge is -2.38. The zero-order chi connectivity index (χ0) is 27.3. The number of hydrogen-bond acceptors (Lipinski definition) is 5. The van der Waals surface area contributed by atoms with Gasteiger partial charge >= 0.3 is 6.18 Å². The lowest BCUT2D eigenvalue weighted by Crippen LogP contribution is -2.45. The van der Waals surface area contributed by atoms with Gasteiger partial charge < -0.3 is 4.84 Å². The highest BCUT2D eigenvalue weighted by Crippen LogP contribution is 2.34. The summed E-state index contributed by atoms with van der Waals surface area (Å²) in [5, 5.41) is 2.57. The third-order valence-electron chi connectivity index (χ3n) is 7.70. The van der Waals surface area contributed by atoms with Gasteiger partial charge in [0.2, 0.25) is 0 Å². The third kappa shape index (κ3) is 4.79. The van der Waals surface area contributed by atoms with Crippen molar-refractivity contribution in [3.63, 3.8) is 0 Å². The average Bonchev–Trinajstić information content (AvgIpc) is 3.35. The Labute approximate surface area is 222 Å². The maximum absolute atomic E-state index is 13.8. The molecule has 202 valence electrons. The monoisotopic (exact) mass is 538 g/mol. The van der Waals surface area contributed by atoms with E-state index in [1.165, 1.54) is 35.0 Å². The molecule has 0 N–H and O–H groups in total. The Kier molecular flexibility index (Phi) is 6.39. The van der Waals surface area contributed by atoms with E-state index in [0.29, 0.717) is 42.0 Å². The van der Waals surface area contributed by atoms with E-state index in [-0.39, 0.29) is 23.6 Å². The van der Waals surface area contributed by atoms with Gasteiger partial charge in [0, 0.05) is 53.9 Å². The van der Waals surface area contributed by atoms with E-state index in [9.17, 15) is 22.4 Å². The Morgan fingerprint density at radius 2 is 1.82 bits per heavy atom. The molecule has 1 unspecified atom stereocenters. The SMILES string of the molecule is CC(c1cc2cccnc2n(-c2cccc(C(F)(F)F)c2)c1=O)N1CCC(N2Cc3ccc(F)cc3O2)CC1. The number of hydrogen-bond donors (Lipinski definition) is 0. The molecule has 4 aromatic rings. The molecule has 1 saturated heterocycles. The first-order valence-corrected chi connectivity index (χ1v) is 12.8. The lowest BCUT2D eigenvalue weighted by atomic mass is 9.99. The highest BCUT2D eigenvalue weighted by Gasteiger charge is 2.34. The molecule has 39 heavy (non-hydrogen) atoms. The Bertz CT molecular complexity index is 1590. The molecule has 1 fully saturated rings. The van der Waals surface area contributed by atoms with Crippen LogP contribution in [0.3, 0.4) is 0 Å². The molecular formula is C29H26F4N4O2. The van der Waals surface area contributed by atoms with E-state index < -0.39 is 17.3 Å². The second kappa shape index (κ2) is 9.77. The number of nitrogens with zero attached hydrogens (tertiary/aromatic N) is 4. The fourth-order valence-electron chi connectivity index (χ4n) is 5.56. The normalized spacial score (nSPS) is 17.8. The van der Waals surface area contributed by atoms with Gasteiger partial charge in [-0.25, -0.2) is 9.37 Å². The summed E-state index contributed by atoms with van der Waals surface area (Å²) < 4.78 is 55.2. The molecule has 0 spiro atoms. The number of fused-ring (bicyclic) bond motifs is 2. The fraction of sp³-hybridized carbons (Fsp3) is 0.310. The minimum Gasteiger partial charge on any atom is -0.405 e. The van der Waals surface area contributed by atoms with Crippen molar-refractivity contribution >= 4 is 11.0 Å². The van der Waals surface area contributed by atoms with Crippen LogP contribution in [0, 0.1) is 5.82 Å². The van der Waals surface area contributed by atoms with Crippen molar-refractivity contribution in [2.24, 2.45) is 0 Å². The Morgan fingerprint density at radius 3 is 2.59 bits per heavy atom. The lowest BCUT2D eigenvalue weighted by molar-refractivity contribution is -0.137. The smallest absolute Gasteiger partial charge is 0.405 e. The fourth-order valence-corrected chi connectivity index (χ4v) is 5.56. The predicted molar refractivity (Wildman–Crippen MR) is 138 cm³/mol. The van der Waals surface area contributed by atoms with Gasteiger partial charge in [0.1, 0.15) is 11.5 Å². The van der Waals surface area contributed by atoms with Crippen LogP contribution in [-0.4, -0.2) is 38.6 Å². The first-order valence-electron chi connectivity index (χ1n) is 12.8. The van der Waals surface area contributed by atoms with Crippen LogP contribution in [0.15, 0.2) is 71.7 Å². The van der Waals surface area contributed by atoms with Crippen LogP contribution in [0.4, 0.5) is 17.6 Å². The molecule has 6 rings (SSSR count). The first-order chi connectivity index (χ1) is 18.7. The van der Waals surface area contributed by atoms with Crippen LogP contribution in [0.2, 0.25) is 0 Å². The molecule has 2 aromatic carbocycles. The van der Waals surface area contributed by atoms with E-state index in [0.717, 1.165) is 30.5 Å². The molecule has 4 heterocycles. The first kappa shape index (κ1) is 25.5. The molecule has 0 bridgehead atoms. The Hall–Kier alpha value is -3.76. The van der Waals surface area contributed by atoms with Crippen molar-refractivity contribution in [3.8, 4) is 11.4 Å². The summed E-state index contributed by atoms with van der Waals surface area (Å²) in [6.07, 6.45) is -1.44. The summed E-state index contributed by atoms with van der Waals surface area (Å²) in [5.74, 6) is 0.214. The third-order valence-corrected chi connectivity index (χ3v) is 7.70. The number of benzene rings is 2. The molecule has 2 aliphatic heterocycles. The number of alkyl halides is 3. The van der Waals surface area contributed by atoms with E-state index in [4.69, 9.17) is 4.84 Å². The van der Waals surface area contributed by atoms with E-state index in [1.807, 2.05) is 12.0 Å². The van der Waals surface area contributed by atoms with Crippen LogP contribution < -0.4 is 10.4 Å². The molecular weight excluding hydrogens is 512 g/mol. The minimum absolute atomic E-state index is 0.119. The summed E-state index contributed by atoms with van der Waals surface area (Å²) in [6.45, 7) is 3.94. The largest absolute Gasteiger partial charge is 0.416 e. The summed E-state index contributed by atoms with van der Waals surface area (Å²) >= 11 is 0. The molecule has 0 amide bonds. The van der Waals surface area contributed by atoms with Crippen molar-refractivity contribution in [2.75, 3.05) is 13.1 Å². The highest BCUT2D eigenvalue weighted by molar-refractivity contribution is 5.77. The van der Waals surface area contributed by atoms with Crippen LogP contribution >= 0.6 is 0 Å². The van der Waals surface area contributed by atoms with Gasteiger partial charge in [-0.3, -0.25) is 14.3 Å². The van der Waals surface area contributed by atoms with Crippen molar-refractivity contribution in [3.05, 3.63) is 99.7 Å². The second-order valence-electron chi connectivity index (χ2n) is 10.1. The standard InChI is InChI=1S/C29H26F4N4O2/c1-18(35-12-9-23(10-13-35)36-17-20-7-8-22(30)16-26(20)39-36)25-14-19-4-3-11-34-27(19)37(28(25)38)24-6-2-5-21(15-24)29(31,32)33/h2-8,11,14-16,18,23H,9-10,12-13,17H2,1H3. The van der Waals surface area contributed by atoms with Crippen LogP contribution in [0.1, 0.15) is 42.5 Å². The second-order valence-corrected chi connectivity index (χ2v) is 10.1. The van der Waals surface area contributed by atoms with Crippen molar-refractivity contribution in [1.29, 1.82) is 0 Å². The summed E-state index contributed by atoms with van der Waals surface area (Å²) in [7, 11) is 0. The highest BCUT2D eigenvalue weighted by atomic mass is 19.4. The molecule has 1 atom stereocenters. The van der Waals surface area contributed by atoms with Crippen molar-refractivity contribution in [2.45, 2.75) is 44.6 Å². The number of rotatable bonds is 4. The summed E-state index contributed by atoms with van der Waals surface area (Å²) in [4.78, 5) is 26.2. The average molecular weight is 539 g/mol. The van der Waals surface area contributed by atoms with E-state index >= 15 is 0 Å². The Balaban J connectivity index is 1.27. The minimum atomic E-state index is -4.54. The van der Waals surface area contributed by atoms with Gasteiger partial charge in [0.25, 0.3) is 5.56 Å². The van der Waals surface area contributed by atoms with E-state index in [2.05, 4.69) is 9.88 Å². The number of piperidine rings is 1. The van der Waals surface area contributed by atoms with Crippen molar-refractivity contribution < 1.29 is 22.4 Å². The number of pyridine rings is 2. The molecule has 6 nitrogen and oxygen atoms in total. The molecule has 0 radical (unpaired) electrons. The topological polar surface area (TPSA) is 50.6 Å². The number of hydroxylamine groups is 2. The van der Waals surface area contributed by atoms with Crippen LogP contribution in [-0.2, 0) is 12.7 Å². The van der Waals surface area contributed by atoms with Gasteiger partial charge in [-0.2, -0.15) is 13.2 Å². The summed E-state index contributed by atoms with van der Waals surface area (Å²) in [5.41, 5.74) is 0.645. The predicted octanol–water partition coefficient (Wildman–Crippen LogP) is 5.88. The van der Waals surface area contributed by atoms with Crippen LogP contribution in [0.5, 0.6) is 5.75 Å². The molecule has 2 aromatic heterocycles. The molecule has 2 aliphatic rings. The van der Waals surface area contributed by atoms with Gasteiger partial charge in [-0.15, -0.1) is 5.06 Å². The Morgan fingerprint density at radius 1 is 1.03 bits per heavy atom. The zero-order valence-electron chi connectivity index (χ0n) is 21.2. The van der Waals surface area contributed by atoms with Gasteiger partial charge in [-0.1, -0.05) is 12.1 Å². The van der Waals surface area contributed by atoms with Crippen LogP contribution in [0.25, 0.3) is 16.7 Å².